The average molecular weight is 427 g/mol. The molecule has 6 nitrogen and oxygen atoms in total. The third-order valence-corrected chi connectivity index (χ3v) is 3.38. The van der Waals surface area contributed by atoms with E-state index in [4.69, 9.17) is 4.74 Å². The molecular formula is C15H31Cl2F3N4O2. The third kappa shape index (κ3) is 13.7. The van der Waals surface area contributed by atoms with Gasteiger partial charge in [-0.3, -0.25) is 4.90 Å². The van der Waals surface area contributed by atoms with Gasteiger partial charge < -0.3 is 20.3 Å². The largest absolute Gasteiger partial charge is 0.444 e. The van der Waals surface area contributed by atoms with Crippen LogP contribution in [-0.4, -0.2) is 86.6 Å². The van der Waals surface area contributed by atoms with Gasteiger partial charge in [-0.1, -0.05) is 0 Å². The maximum absolute atomic E-state index is 11.8. The third-order valence-electron chi connectivity index (χ3n) is 3.38. The number of halogens is 5. The summed E-state index contributed by atoms with van der Waals surface area (Å²) in [6.07, 6.45) is -4.24. The molecule has 2 N–H and O–H groups in total. The lowest BCUT2D eigenvalue weighted by Gasteiger charge is -2.30. The van der Waals surface area contributed by atoms with Gasteiger partial charge in [0.25, 0.3) is 0 Å². The zero-order valence-electron chi connectivity index (χ0n) is 15.5. The first-order chi connectivity index (χ1) is 11.1. The van der Waals surface area contributed by atoms with Gasteiger partial charge in [0.1, 0.15) is 5.60 Å². The molecule has 2 heterocycles. The molecule has 2 fully saturated rings. The van der Waals surface area contributed by atoms with Crippen molar-refractivity contribution in [3.63, 3.8) is 0 Å². The van der Waals surface area contributed by atoms with Crippen LogP contribution in [-0.2, 0) is 4.74 Å². The normalized spacial score (nSPS) is 18.6. The number of nitrogens with zero attached hydrogens (tertiary/aromatic N) is 2. The molecule has 0 unspecified atom stereocenters. The number of alkyl halides is 3. The summed E-state index contributed by atoms with van der Waals surface area (Å²) in [5, 5.41) is 6.17. The topological polar surface area (TPSA) is 56.8 Å². The first-order valence-corrected chi connectivity index (χ1v) is 8.25. The number of ether oxygens (including phenoxy) is 1. The quantitative estimate of drug-likeness (QED) is 0.672. The van der Waals surface area contributed by atoms with Crippen LogP contribution in [0.5, 0.6) is 0 Å². The molecule has 0 bridgehead atoms. The van der Waals surface area contributed by atoms with Crippen LogP contribution in [0, 0.1) is 0 Å². The van der Waals surface area contributed by atoms with Crippen molar-refractivity contribution in [1.82, 2.24) is 20.4 Å². The van der Waals surface area contributed by atoms with Gasteiger partial charge in [0, 0.05) is 52.4 Å². The number of hydrogen-bond acceptors (Lipinski definition) is 5. The zero-order chi connectivity index (χ0) is 18.2. The summed E-state index contributed by atoms with van der Waals surface area (Å²) < 4.78 is 40.6. The average Bonchev–Trinajstić information content (AvgIpc) is 2.46. The highest BCUT2D eigenvalue weighted by molar-refractivity contribution is 5.85. The number of rotatable bonds is 1. The molecule has 0 radical (unpaired) electrons. The molecule has 2 saturated heterocycles. The number of amides is 1. The Kier molecular flexibility index (Phi) is 13.7. The molecular weight excluding hydrogens is 396 g/mol. The second kappa shape index (κ2) is 12.8. The summed E-state index contributed by atoms with van der Waals surface area (Å²) >= 11 is 0. The molecule has 0 aromatic rings. The summed E-state index contributed by atoms with van der Waals surface area (Å²) in [6.45, 7) is 10.4. The molecule has 0 saturated carbocycles. The highest BCUT2D eigenvalue weighted by Gasteiger charge is 2.30. The zero-order valence-corrected chi connectivity index (χ0v) is 17.2. The Morgan fingerprint density at radius 2 is 1.35 bits per heavy atom. The van der Waals surface area contributed by atoms with E-state index in [1.54, 1.807) is 4.90 Å². The van der Waals surface area contributed by atoms with Crippen LogP contribution in [0.3, 0.4) is 0 Å². The molecule has 2 rings (SSSR count). The first-order valence-electron chi connectivity index (χ1n) is 8.25. The fourth-order valence-electron chi connectivity index (χ4n) is 2.30. The van der Waals surface area contributed by atoms with Crippen molar-refractivity contribution in [1.29, 1.82) is 0 Å². The molecule has 2 aliphatic heterocycles. The molecule has 0 aromatic heterocycles. The van der Waals surface area contributed by atoms with E-state index in [-0.39, 0.29) is 36.5 Å². The monoisotopic (exact) mass is 426 g/mol. The van der Waals surface area contributed by atoms with Crippen molar-refractivity contribution in [3.8, 4) is 0 Å². The second-order valence-corrected chi connectivity index (χ2v) is 6.86. The molecule has 0 spiro atoms. The Balaban J connectivity index is 0. The fraction of sp³-hybridized carbons (Fsp3) is 0.933. The van der Waals surface area contributed by atoms with Crippen LogP contribution < -0.4 is 10.6 Å². The Bertz CT molecular complexity index is 384. The molecule has 158 valence electrons. The minimum atomic E-state index is -4.04. The maximum atomic E-state index is 11.8. The molecule has 26 heavy (non-hydrogen) atoms. The van der Waals surface area contributed by atoms with Crippen molar-refractivity contribution in [3.05, 3.63) is 0 Å². The summed E-state index contributed by atoms with van der Waals surface area (Å²) in [5.41, 5.74) is -0.387. The van der Waals surface area contributed by atoms with Crippen LogP contribution in [0.15, 0.2) is 0 Å². The number of hydrogen-bond donors (Lipinski definition) is 2. The highest BCUT2D eigenvalue weighted by atomic mass is 35.5. The summed E-state index contributed by atoms with van der Waals surface area (Å²) in [6, 6.07) is 0. The van der Waals surface area contributed by atoms with E-state index in [2.05, 4.69) is 10.6 Å². The first kappa shape index (κ1) is 27.7. The van der Waals surface area contributed by atoms with Gasteiger partial charge in [-0.25, -0.2) is 4.79 Å². The Morgan fingerprint density at radius 3 is 1.73 bits per heavy atom. The lowest BCUT2D eigenvalue weighted by Crippen LogP contribution is -2.48. The minimum absolute atomic E-state index is 0. The summed E-state index contributed by atoms with van der Waals surface area (Å²) in [4.78, 5) is 14.6. The predicted octanol–water partition coefficient (Wildman–Crippen LogP) is 2.12. The Hall–Kier alpha value is -0.480. The van der Waals surface area contributed by atoms with Crippen molar-refractivity contribution < 1.29 is 22.7 Å². The number of carbonyl (C=O) groups is 1. The Morgan fingerprint density at radius 1 is 0.923 bits per heavy atom. The van der Waals surface area contributed by atoms with Gasteiger partial charge in [0.15, 0.2) is 0 Å². The van der Waals surface area contributed by atoms with Crippen LogP contribution in [0.4, 0.5) is 18.0 Å². The predicted molar refractivity (Wildman–Crippen MR) is 101 cm³/mol. The van der Waals surface area contributed by atoms with E-state index in [1.807, 2.05) is 20.8 Å². The summed E-state index contributed by atoms with van der Waals surface area (Å²) in [7, 11) is 0. The summed E-state index contributed by atoms with van der Waals surface area (Å²) in [5.74, 6) is 0. The molecule has 11 heteroatoms. The van der Waals surface area contributed by atoms with Crippen molar-refractivity contribution in [2.24, 2.45) is 0 Å². The smallest absolute Gasteiger partial charge is 0.410 e. The van der Waals surface area contributed by atoms with E-state index >= 15 is 0 Å². The second-order valence-electron chi connectivity index (χ2n) is 6.86. The van der Waals surface area contributed by atoms with E-state index in [9.17, 15) is 18.0 Å². The number of piperazine rings is 2. The van der Waals surface area contributed by atoms with Crippen molar-refractivity contribution in [2.75, 3.05) is 58.9 Å². The lowest BCUT2D eigenvalue weighted by atomic mass is 10.2. The maximum Gasteiger partial charge on any atom is 0.410 e. The molecule has 0 aliphatic carbocycles. The van der Waals surface area contributed by atoms with Gasteiger partial charge in [-0.2, -0.15) is 13.2 Å². The van der Waals surface area contributed by atoms with Gasteiger partial charge in [0.05, 0.1) is 6.54 Å². The van der Waals surface area contributed by atoms with Gasteiger partial charge in [-0.15, -0.1) is 24.8 Å². The standard InChI is InChI=1S/C9H18N2O2.C6H11F3N2.2ClH/c1-9(2,3)13-8(12)11-6-4-10-5-7-11;7-6(8,9)5-11-3-1-10-2-4-11;;/h10H,4-7H2,1-3H3;10H,1-5H2;2*1H. The van der Waals surface area contributed by atoms with E-state index in [1.165, 1.54) is 4.90 Å². The Labute approximate surface area is 166 Å². The molecule has 0 atom stereocenters. The van der Waals surface area contributed by atoms with Crippen LogP contribution in [0.2, 0.25) is 0 Å². The van der Waals surface area contributed by atoms with Gasteiger partial charge in [-0.05, 0) is 20.8 Å². The van der Waals surface area contributed by atoms with Gasteiger partial charge in [0.2, 0.25) is 0 Å². The van der Waals surface area contributed by atoms with Crippen LogP contribution >= 0.6 is 24.8 Å². The highest BCUT2D eigenvalue weighted by Crippen LogP contribution is 2.16. The van der Waals surface area contributed by atoms with Crippen LogP contribution in [0.25, 0.3) is 0 Å². The van der Waals surface area contributed by atoms with Crippen molar-refractivity contribution >= 4 is 30.9 Å². The van der Waals surface area contributed by atoms with E-state index in [0.717, 1.165) is 26.2 Å². The SMILES string of the molecule is CC(C)(C)OC(=O)N1CCNCC1.Cl.Cl.FC(F)(F)CN1CCNCC1. The van der Waals surface area contributed by atoms with E-state index < -0.39 is 12.7 Å². The van der Waals surface area contributed by atoms with Crippen molar-refractivity contribution in [2.45, 2.75) is 32.5 Å². The van der Waals surface area contributed by atoms with Gasteiger partial charge >= 0.3 is 12.3 Å². The minimum Gasteiger partial charge on any atom is -0.444 e. The molecule has 2 aliphatic rings. The van der Waals surface area contributed by atoms with Crippen LogP contribution in [0.1, 0.15) is 20.8 Å². The fourth-order valence-corrected chi connectivity index (χ4v) is 2.30. The number of nitrogens with one attached hydrogen (secondary N) is 2. The molecule has 0 aromatic carbocycles. The number of carbonyl (C=O) groups excluding carboxylic acids is 1. The molecule has 1 amide bonds. The lowest BCUT2D eigenvalue weighted by molar-refractivity contribution is -0.146. The van der Waals surface area contributed by atoms with E-state index in [0.29, 0.717) is 26.2 Å².